The van der Waals surface area contributed by atoms with Crippen molar-refractivity contribution in [3.8, 4) is 0 Å². The highest BCUT2D eigenvalue weighted by molar-refractivity contribution is 6.37. The number of hydrogen-bond donors (Lipinski definition) is 0. The predicted octanol–water partition coefficient (Wildman–Crippen LogP) is 4.17. The Morgan fingerprint density at radius 3 is 2.09 bits per heavy atom. The summed E-state index contributed by atoms with van der Waals surface area (Å²) >= 11 is 6.09. The molecule has 168 valence electrons. The summed E-state index contributed by atoms with van der Waals surface area (Å²) in [5, 5.41) is 0.316. The van der Waals surface area contributed by atoms with Gasteiger partial charge in [-0.15, -0.1) is 0 Å². The molecule has 2 heterocycles. The van der Waals surface area contributed by atoms with Crippen LogP contribution in [-0.4, -0.2) is 29.0 Å². The molecular weight excluding hydrogens is 461 g/mol. The molecular formula is C26H15ClFNO5. The molecule has 0 N–H and O–H groups in total. The summed E-state index contributed by atoms with van der Waals surface area (Å²) in [6, 6.07) is 17.7. The number of ether oxygens (including phenoxy) is 1. The van der Waals surface area contributed by atoms with Crippen molar-refractivity contribution >= 4 is 40.7 Å². The number of anilines is 1. The molecule has 6 rings (SSSR count). The van der Waals surface area contributed by atoms with E-state index in [0.717, 1.165) is 4.90 Å². The zero-order valence-corrected chi connectivity index (χ0v) is 18.2. The first-order valence-electron chi connectivity index (χ1n) is 10.6. The van der Waals surface area contributed by atoms with Crippen molar-refractivity contribution in [2.45, 2.75) is 11.7 Å². The fraction of sp³-hybridized carbons (Fsp3) is 0.154. The third-order valence-corrected chi connectivity index (χ3v) is 7.02. The highest BCUT2D eigenvalue weighted by Gasteiger charge is 2.74. The van der Waals surface area contributed by atoms with E-state index < -0.39 is 52.7 Å². The normalized spacial score (nSPS) is 24.8. The van der Waals surface area contributed by atoms with Crippen LogP contribution < -0.4 is 4.90 Å². The van der Waals surface area contributed by atoms with E-state index >= 15 is 0 Å². The van der Waals surface area contributed by atoms with Crippen molar-refractivity contribution in [2.75, 3.05) is 4.90 Å². The molecule has 1 aliphatic carbocycles. The minimum absolute atomic E-state index is 0.146. The smallest absolute Gasteiger partial charge is 0.241 e. The number of imide groups is 1. The zero-order valence-electron chi connectivity index (χ0n) is 17.4. The summed E-state index contributed by atoms with van der Waals surface area (Å²) in [7, 11) is 0. The van der Waals surface area contributed by atoms with E-state index in [9.17, 15) is 23.6 Å². The Morgan fingerprint density at radius 1 is 0.824 bits per heavy atom. The van der Waals surface area contributed by atoms with Crippen LogP contribution in [-0.2, 0) is 14.3 Å². The summed E-state index contributed by atoms with van der Waals surface area (Å²) < 4.78 is 19.8. The predicted molar refractivity (Wildman–Crippen MR) is 119 cm³/mol. The maximum atomic E-state index is 13.8. The first-order valence-corrected chi connectivity index (χ1v) is 11.0. The van der Waals surface area contributed by atoms with Crippen molar-refractivity contribution < 1.29 is 28.3 Å². The lowest BCUT2D eigenvalue weighted by Gasteiger charge is -2.27. The van der Waals surface area contributed by atoms with E-state index in [4.69, 9.17) is 16.3 Å². The van der Waals surface area contributed by atoms with Gasteiger partial charge in [0.1, 0.15) is 5.82 Å². The Hall–Kier alpha value is -3.68. The molecule has 0 aromatic heterocycles. The van der Waals surface area contributed by atoms with Crippen molar-refractivity contribution in [1.29, 1.82) is 0 Å². The number of Topliss-reactive ketones (excluding diaryl/α,β-unsaturated/α-hetero) is 2. The summed E-state index contributed by atoms with van der Waals surface area (Å²) in [6.07, 6.45) is -1.10. The second kappa shape index (κ2) is 7.16. The van der Waals surface area contributed by atoms with E-state index in [-0.39, 0.29) is 16.8 Å². The highest BCUT2D eigenvalue weighted by atomic mass is 35.5. The van der Waals surface area contributed by atoms with Gasteiger partial charge in [0.15, 0.2) is 0 Å². The average Bonchev–Trinajstić information content (AvgIpc) is 3.40. The fourth-order valence-corrected chi connectivity index (χ4v) is 5.52. The van der Waals surface area contributed by atoms with Gasteiger partial charge in [0.2, 0.25) is 29.0 Å². The molecule has 34 heavy (non-hydrogen) atoms. The first-order chi connectivity index (χ1) is 16.3. The third-order valence-electron chi connectivity index (χ3n) is 6.78. The lowest BCUT2D eigenvalue weighted by atomic mass is 9.77. The second-order valence-electron chi connectivity index (χ2n) is 8.52. The van der Waals surface area contributed by atoms with Gasteiger partial charge in [0, 0.05) is 16.1 Å². The van der Waals surface area contributed by atoms with Crippen LogP contribution in [0.4, 0.5) is 10.1 Å². The largest absolute Gasteiger partial charge is 0.349 e. The lowest BCUT2D eigenvalue weighted by Crippen LogP contribution is -2.51. The topological polar surface area (TPSA) is 80.8 Å². The van der Waals surface area contributed by atoms with E-state index in [1.165, 1.54) is 42.5 Å². The molecule has 0 bridgehead atoms. The zero-order chi connectivity index (χ0) is 23.8. The molecule has 6 nitrogen and oxygen atoms in total. The van der Waals surface area contributed by atoms with Gasteiger partial charge >= 0.3 is 0 Å². The van der Waals surface area contributed by atoms with Gasteiger partial charge in [-0.1, -0.05) is 54.1 Å². The number of carbonyl (C=O) groups is 4. The van der Waals surface area contributed by atoms with Crippen molar-refractivity contribution in [3.63, 3.8) is 0 Å². The summed E-state index contributed by atoms with van der Waals surface area (Å²) in [5.74, 6) is -5.65. The number of hydrogen-bond acceptors (Lipinski definition) is 5. The van der Waals surface area contributed by atoms with E-state index in [2.05, 4.69) is 0 Å². The molecule has 2 fully saturated rings. The quantitative estimate of drug-likeness (QED) is 0.410. The second-order valence-corrected chi connectivity index (χ2v) is 8.96. The van der Waals surface area contributed by atoms with Gasteiger partial charge in [-0.25, -0.2) is 9.29 Å². The summed E-state index contributed by atoms with van der Waals surface area (Å²) in [4.78, 5) is 55.7. The van der Waals surface area contributed by atoms with E-state index in [0.29, 0.717) is 10.6 Å². The van der Waals surface area contributed by atoms with Crippen molar-refractivity contribution in [3.05, 3.63) is 100 Å². The number of fused-ring (bicyclic) bond motifs is 3. The van der Waals surface area contributed by atoms with Gasteiger partial charge < -0.3 is 4.74 Å². The van der Waals surface area contributed by atoms with Gasteiger partial charge in [-0.3, -0.25) is 19.2 Å². The molecule has 3 atom stereocenters. The maximum Gasteiger partial charge on any atom is 0.241 e. The molecule has 8 heteroatoms. The Bertz CT molecular complexity index is 1380. The Balaban J connectivity index is 1.55. The van der Waals surface area contributed by atoms with Crippen LogP contribution >= 0.6 is 11.6 Å². The van der Waals surface area contributed by atoms with E-state index in [1.54, 1.807) is 30.3 Å². The monoisotopic (exact) mass is 475 g/mol. The molecule has 3 aliphatic rings. The molecule has 2 saturated heterocycles. The third kappa shape index (κ3) is 2.59. The van der Waals surface area contributed by atoms with Crippen LogP contribution in [0.2, 0.25) is 5.02 Å². The van der Waals surface area contributed by atoms with Crippen LogP contribution in [0.25, 0.3) is 0 Å². The summed E-state index contributed by atoms with van der Waals surface area (Å²) in [6.45, 7) is 0. The van der Waals surface area contributed by atoms with Gasteiger partial charge in [-0.05, 0) is 35.9 Å². The number of amides is 2. The molecule has 2 aliphatic heterocycles. The maximum absolute atomic E-state index is 13.8. The molecule has 3 unspecified atom stereocenters. The molecule has 3 aromatic rings. The number of benzene rings is 3. The molecule has 3 aromatic carbocycles. The number of halogens is 2. The Morgan fingerprint density at radius 2 is 1.47 bits per heavy atom. The number of carbonyl (C=O) groups excluding carboxylic acids is 4. The van der Waals surface area contributed by atoms with Crippen molar-refractivity contribution in [1.82, 2.24) is 0 Å². The Labute approximate surface area is 197 Å². The van der Waals surface area contributed by atoms with Gasteiger partial charge in [-0.2, -0.15) is 0 Å². The highest BCUT2D eigenvalue weighted by Crippen LogP contribution is 2.57. The molecule has 0 radical (unpaired) electrons. The number of nitrogens with zero attached hydrogens (tertiary/aromatic N) is 1. The molecule has 0 saturated carbocycles. The first kappa shape index (κ1) is 20.9. The van der Waals surface area contributed by atoms with Gasteiger partial charge in [0.05, 0.1) is 23.6 Å². The minimum atomic E-state index is -2.17. The van der Waals surface area contributed by atoms with E-state index in [1.807, 2.05) is 0 Å². The SMILES string of the molecule is O=C1C2C(c3ccc(F)cc3)OC3(C(=O)c4ccccc4C3=O)C2C(=O)N1c1cccc(Cl)c1. The van der Waals surface area contributed by atoms with Gasteiger partial charge in [0.25, 0.3) is 0 Å². The molecule has 1 spiro atoms. The standard InChI is InChI=1S/C26H15ClFNO5/c27-14-4-3-5-16(12-14)29-24(32)19-20(25(29)33)26(34-21(19)13-8-10-15(28)11-9-13)22(30)17-6-1-2-7-18(17)23(26)31/h1-12,19-21H. The van der Waals surface area contributed by atoms with Crippen LogP contribution in [0, 0.1) is 17.7 Å². The van der Waals surface area contributed by atoms with Crippen LogP contribution in [0.3, 0.4) is 0 Å². The molecule has 2 amide bonds. The van der Waals surface area contributed by atoms with Crippen LogP contribution in [0.1, 0.15) is 32.4 Å². The Kier molecular flexibility index (Phi) is 4.40. The number of rotatable bonds is 2. The van der Waals surface area contributed by atoms with Crippen LogP contribution in [0.15, 0.2) is 72.8 Å². The summed E-state index contributed by atoms with van der Waals surface area (Å²) in [5.41, 5.74) is -1.26. The van der Waals surface area contributed by atoms with Crippen molar-refractivity contribution in [2.24, 2.45) is 11.8 Å². The lowest BCUT2D eigenvalue weighted by molar-refractivity contribution is -0.127. The average molecular weight is 476 g/mol. The van der Waals surface area contributed by atoms with Crippen LogP contribution in [0.5, 0.6) is 0 Å². The number of ketones is 2. The minimum Gasteiger partial charge on any atom is -0.349 e. The fourth-order valence-electron chi connectivity index (χ4n) is 5.34.